The van der Waals surface area contributed by atoms with E-state index >= 15 is 0 Å². The van der Waals surface area contributed by atoms with Crippen molar-refractivity contribution >= 4 is 11.6 Å². The van der Waals surface area contributed by atoms with E-state index < -0.39 is 0 Å². The number of rotatable bonds is 10. The lowest BCUT2D eigenvalue weighted by Gasteiger charge is -2.18. The Morgan fingerprint density at radius 1 is 1.14 bits per heavy atom. The van der Waals surface area contributed by atoms with Crippen molar-refractivity contribution in [3.63, 3.8) is 0 Å². The van der Waals surface area contributed by atoms with Crippen LogP contribution >= 0.6 is 0 Å². The van der Waals surface area contributed by atoms with E-state index in [2.05, 4.69) is 30.5 Å². The van der Waals surface area contributed by atoms with Gasteiger partial charge in [0.1, 0.15) is 0 Å². The van der Waals surface area contributed by atoms with Gasteiger partial charge in [-0.1, -0.05) is 57.2 Å². The van der Waals surface area contributed by atoms with Crippen LogP contribution in [0.25, 0.3) is 0 Å². The molecule has 0 aromatic heterocycles. The first kappa shape index (κ1) is 17.5. The summed E-state index contributed by atoms with van der Waals surface area (Å²) in [6.07, 6.45) is 8.18. The van der Waals surface area contributed by atoms with Crippen LogP contribution in [0.4, 0.5) is 5.69 Å². The van der Waals surface area contributed by atoms with Gasteiger partial charge >= 0.3 is 0 Å². The van der Waals surface area contributed by atoms with E-state index in [1.165, 1.54) is 38.5 Å². The maximum Gasteiger partial charge on any atom is 0.224 e. The van der Waals surface area contributed by atoms with E-state index in [4.69, 9.17) is 0 Å². The highest BCUT2D eigenvalue weighted by atomic mass is 16.1. The number of para-hydroxylation sites is 1. The van der Waals surface area contributed by atoms with Crippen molar-refractivity contribution in [1.82, 2.24) is 5.32 Å². The van der Waals surface area contributed by atoms with Crippen molar-refractivity contribution in [3.8, 4) is 0 Å². The van der Waals surface area contributed by atoms with Crippen molar-refractivity contribution in [2.45, 2.75) is 64.8 Å². The molecule has 21 heavy (non-hydrogen) atoms. The molecule has 3 nitrogen and oxygen atoms in total. The first-order valence-corrected chi connectivity index (χ1v) is 8.22. The third-order valence-electron chi connectivity index (χ3n) is 3.79. The van der Waals surface area contributed by atoms with Crippen LogP contribution in [0.15, 0.2) is 24.3 Å². The Morgan fingerprint density at radius 2 is 1.86 bits per heavy atom. The van der Waals surface area contributed by atoms with Crippen molar-refractivity contribution in [1.29, 1.82) is 0 Å². The average molecular weight is 290 g/mol. The summed E-state index contributed by atoms with van der Waals surface area (Å²) in [5.41, 5.74) is 2.15. The summed E-state index contributed by atoms with van der Waals surface area (Å²) in [5.74, 6) is 0.0523. The molecule has 1 amide bonds. The Kier molecular flexibility index (Phi) is 8.56. The molecule has 0 radical (unpaired) electrons. The van der Waals surface area contributed by atoms with Crippen LogP contribution in [-0.2, 0) is 11.2 Å². The van der Waals surface area contributed by atoms with E-state index in [1.54, 1.807) is 7.05 Å². The third-order valence-corrected chi connectivity index (χ3v) is 3.79. The fourth-order valence-electron chi connectivity index (χ4n) is 2.47. The number of hydrogen-bond donors (Lipinski definition) is 2. The summed E-state index contributed by atoms with van der Waals surface area (Å²) < 4.78 is 0. The molecule has 118 valence electrons. The molecule has 1 aromatic carbocycles. The number of benzene rings is 1. The highest BCUT2D eigenvalue weighted by Gasteiger charge is 2.08. The number of nitrogens with one attached hydrogen (secondary N) is 2. The average Bonchev–Trinajstić information content (AvgIpc) is 2.49. The summed E-state index contributed by atoms with van der Waals surface area (Å²) in [4.78, 5) is 11.6. The molecule has 0 saturated carbocycles. The van der Waals surface area contributed by atoms with Gasteiger partial charge in [-0.05, 0) is 25.0 Å². The highest BCUT2D eigenvalue weighted by molar-refractivity contribution is 5.80. The molecule has 0 aliphatic rings. The molecule has 2 N–H and O–H groups in total. The van der Waals surface area contributed by atoms with Crippen LogP contribution in [0.1, 0.15) is 57.9 Å². The summed E-state index contributed by atoms with van der Waals surface area (Å²) in [5, 5.41) is 6.23. The predicted molar refractivity (Wildman–Crippen MR) is 90.7 cm³/mol. The van der Waals surface area contributed by atoms with Crippen molar-refractivity contribution in [2.75, 3.05) is 12.4 Å². The minimum absolute atomic E-state index is 0.0523. The molecule has 0 bridgehead atoms. The standard InChI is InChI=1S/C18H30N2O/c1-4-5-6-7-8-11-15(2)20-17-13-10-9-12-16(17)14-18(21)19-3/h9-10,12-13,15,20H,4-8,11,14H2,1-3H3,(H,19,21). The topological polar surface area (TPSA) is 41.1 Å². The zero-order valence-electron chi connectivity index (χ0n) is 13.7. The maximum atomic E-state index is 11.6. The molecule has 1 rings (SSSR count). The van der Waals surface area contributed by atoms with Gasteiger partial charge < -0.3 is 10.6 Å². The van der Waals surface area contributed by atoms with Gasteiger partial charge in [0.15, 0.2) is 0 Å². The van der Waals surface area contributed by atoms with Crippen LogP contribution in [0.3, 0.4) is 0 Å². The second-order valence-electron chi connectivity index (χ2n) is 5.76. The van der Waals surface area contributed by atoms with Gasteiger partial charge in [0.05, 0.1) is 6.42 Å². The molecule has 1 unspecified atom stereocenters. The summed E-state index contributed by atoms with van der Waals surface area (Å²) in [7, 11) is 1.68. The van der Waals surface area contributed by atoms with E-state index in [1.807, 2.05) is 18.2 Å². The van der Waals surface area contributed by atoms with Gasteiger partial charge in [-0.15, -0.1) is 0 Å². The number of amides is 1. The Balaban J connectivity index is 2.44. The SMILES string of the molecule is CCCCCCCC(C)Nc1ccccc1CC(=O)NC. The fraction of sp³-hybridized carbons (Fsp3) is 0.611. The lowest BCUT2D eigenvalue weighted by molar-refractivity contribution is -0.119. The molecule has 3 heteroatoms. The Morgan fingerprint density at radius 3 is 2.57 bits per heavy atom. The molecule has 0 heterocycles. The largest absolute Gasteiger partial charge is 0.382 e. The summed E-state index contributed by atoms with van der Waals surface area (Å²) >= 11 is 0. The summed E-state index contributed by atoms with van der Waals surface area (Å²) in [6, 6.07) is 8.53. The first-order chi connectivity index (χ1) is 10.2. The minimum Gasteiger partial charge on any atom is -0.382 e. The zero-order chi connectivity index (χ0) is 15.5. The normalized spacial score (nSPS) is 12.0. The lowest BCUT2D eigenvalue weighted by Crippen LogP contribution is -2.22. The number of hydrogen-bond acceptors (Lipinski definition) is 2. The smallest absolute Gasteiger partial charge is 0.224 e. The van der Waals surface area contributed by atoms with Crippen LogP contribution in [-0.4, -0.2) is 19.0 Å². The van der Waals surface area contributed by atoms with Gasteiger partial charge in [0, 0.05) is 18.8 Å². The fourth-order valence-corrected chi connectivity index (χ4v) is 2.47. The Hall–Kier alpha value is -1.51. The van der Waals surface area contributed by atoms with E-state index in [0.717, 1.165) is 11.3 Å². The van der Waals surface area contributed by atoms with Gasteiger partial charge in [-0.2, -0.15) is 0 Å². The molecular formula is C18H30N2O. The molecular weight excluding hydrogens is 260 g/mol. The van der Waals surface area contributed by atoms with E-state index in [-0.39, 0.29) is 5.91 Å². The zero-order valence-corrected chi connectivity index (χ0v) is 13.7. The second-order valence-corrected chi connectivity index (χ2v) is 5.76. The Bertz CT molecular complexity index is 417. The molecule has 0 aliphatic heterocycles. The van der Waals surface area contributed by atoms with Gasteiger partial charge in [-0.3, -0.25) is 4.79 Å². The number of carbonyl (C=O) groups excluding carboxylic acids is 1. The second kappa shape index (κ2) is 10.3. The minimum atomic E-state index is 0.0523. The number of unbranched alkanes of at least 4 members (excludes halogenated alkanes) is 4. The first-order valence-electron chi connectivity index (χ1n) is 8.22. The molecule has 0 spiro atoms. The van der Waals surface area contributed by atoms with E-state index in [0.29, 0.717) is 12.5 Å². The van der Waals surface area contributed by atoms with Crippen molar-refractivity contribution < 1.29 is 4.79 Å². The lowest BCUT2D eigenvalue weighted by atomic mass is 10.1. The maximum absolute atomic E-state index is 11.6. The molecule has 1 aromatic rings. The number of carbonyl (C=O) groups is 1. The van der Waals surface area contributed by atoms with Gasteiger partial charge in [-0.25, -0.2) is 0 Å². The van der Waals surface area contributed by atoms with E-state index in [9.17, 15) is 4.79 Å². The van der Waals surface area contributed by atoms with Crippen LogP contribution < -0.4 is 10.6 Å². The Labute approximate surface area is 129 Å². The number of likely N-dealkylation sites (N-methyl/N-ethyl adjacent to an activating group) is 1. The monoisotopic (exact) mass is 290 g/mol. The highest BCUT2D eigenvalue weighted by Crippen LogP contribution is 2.18. The van der Waals surface area contributed by atoms with Crippen molar-refractivity contribution in [2.24, 2.45) is 0 Å². The quantitative estimate of drug-likeness (QED) is 0.636. The van der Waals surface area contributed by atoms with Crippen molar-refractivity contribution in [3.05, 3.63) is 29.8 Å². The number of anilines is 1. The molecule has 1 atom stereocenters. The van der Waals surface area contributed by atoms with Crippen LogP contribution in [0, 0.1) is 0 Å². The van der Waals surface area contributed by atoms with Gasteiger partial charge in [0.2, 0.25) is 5.91 Å². The molecule has 0 fully saturated rings. The van der Waals surface area contributed by atoms with Crippen LogP contribution in [0.2, 0.25) is 0 Å². The molecule has 0 aliphatic carbocycles. The third kappa shape index (κ3) is 7.16. The molecule has 0 saturated heterocycles. The van der Waals surface area contributed by atoms with Crippen LogP contribution in [0.5, 0.6) is 0 Å². The van der Waals surface area contributed by atoms with Gasteiger partial charge in [0.25, 0.3) is 0 Å². The predicted octanol–water partition coefficient (Wildman–Crippen LogP) is 4.14. The summed E-state index contributed by atoms with van der Waals surface area (Å²) in [6.45, 7) is 4.46.